The molecule has 0 saturated heterocycles. The van der Waals surface area contributed by atoms with Crippen molar-refractivity contribution >= 4 is 11.4 Å². The maximum absolute atomic E-state index is 13.3. The number of benzene rings is 2. The van der Waals surface area contributed by atoms with Gasteiger partial charge in [0, 0.05) is 11.4 Å². The molecule has 17 heavy (non-hydrogen) atoms. The normalized spacial score (nSPS) is 9.71. The highest BCUT2D eigenvalue weighted by Gasteiger charge is 2.00. The van der Waals surface area contributed by atoms with Gasteiger partial charge in [0.25, 0.3) is 0 Å². The van der Waals surface area contributed by atoms with E-state index in [1.807, 2.05) is 6.07 Å². The topological polar surface area (TPSA) is 35.8 Å². The third-order valence-electron chi connectivity index (χ3n) is 2.45. The SMILES string of the molecule is Cc1ccc(Nc2cccc(C#N)c2)cc1F. The Labute approximate surface area is 99.3 Å². The molecule has 0 aliphatic carbocycles. The molecule has 0 spiro atoms. The molecule has 0 amide bonds. The van der Waals surface area contributed by atoms with Crippen molar-refractivity contribution < 1.29 is 4.39 Å². The van der Waals surface area contributed by atoms with E-state index in [9.17, 15) is 4.39 Å². The highest BCUT2D eigenvalue weighted by atomic mass is 19.1. The van der Waals surface area contributed by atoms with Crippen LogP contribution in [0.5, 0.6) is 0 Å². The molecule has 0 atom stereocenters. The highest BCUT2D eigenvalue weighted by molar-refractivity contribution is 5.61. The number of anilines is 2. The Morgan fingerprint density at radius 2 is 1.88 bits per heavy atom. The van der Waals surface area contributed by atoms with Crippen molar-refractivity contribution in [2.24, 2.45) is 0 Å². The molecule has 0 aliphatic rings. The minimum atomic E-state index is -0.244. The summed E-state index contributed by atoms with van der Waals surface area (Å²) >= 11 is 0. The molecule has 0 aliphatic heterocycles. The smallest absolute Gasteiger partial charge is 0.128 e. The van der Waals surface area contributed by atoms with Gasteiger partial charge in [0.2, 0.25) is 0 Å². The third-order valence-corrected chi connectivity index (χ3v) is 2.45. The van der Waals surface area contributed by atoms with E-state index in [4.69, 9.17) is 5.26 Å². The van der Waals surface area contributed by atoms with Gasteiger partial charge in [-0.25, -0.2) is 4.39 Å². The fourth-order valence-electron chi connectivity index (χ4n) is 1.50. The van der Waals surface area contributed by atoms with Gasteiger partial charge in [-0.15, -0.1) is 0 Å². The minimum absolute atomic E-state index is 0.244. The van der Waals surface area contributed by atoms with E-state index in [-0.39, 0.29) is 5.82 Å². The molecule has 0 saturated carbocycles. The lowest BCUT2D eigenvalue weighted by atomic mass is 10.2. The zero-order chi connectivity index (χ0) is 12.3. The molecule has 2 aromatic rings. The average molecular weight is 226 g/mol. The number of rotatable bonds is 2. The van der Waals surface area contributed by atoms with Crippen molar-refractivity contribution in [2.45, 2.75) is 6.92 Å². The lowest BCUT2D eigenvalue weighted by molar-refractivity contribution is 0.619. The van der Waals surface area contributed by atoms with Gasteiger partial charge in [-0.2, -0.15) is 5.26 Å². The molecule has 0 fully saturated rings. The van der Waals surface area contributed by atoms with Crippen LogP contribution in [0.25, 0.3) is 0 Å². The number of aryl methyl sites for hydroxylation is 1. The standard InChI is InChI=1S/C14H11FN2/c1-10-5-6-13(8-14(10)15)17-12-4-2-3-11(7-12)9-16/h2-8,17H,1H3. The van der Waals surface area contributed by atoms with E-state index in [0.29, 0.717) is 16.8 Å². The van der Waals surface area contributed by atoms with Crippen LogP contribution in [0.3, 0.4) is 0 Å². The molecule has 2 nitrogen and oxygen atoms in total. The Morgan fingerprint density at radius 1 is 1.12 bits per heavy atom. The van der Waals surface area contributed by atoms with Gasteiger partial charge in [0.15, 0.2) is 0 Å². The van der Waals surface area contributed by atoms with Crippen LogP contribution in [-0.4, -0.2) is 0 Å². The van der Waals surface area contributed by atoms with Crippen molar-refractivity contribution in [2.75, 3.05) is 5.32 Å². The van der Waals surface area contributed by atoms with E-state index in [1.165, 1.54) is 6.07 Å². The van der Waals surface area contributed by atoms with Gasteiger partial charge in [0.1, 0.15) is 5.82 Å². The molecule has 0 heterocycles. The lowest BCUT2D eigenvalue weighted by Crippen LogP contribution is -1.92. The highest BCUT2D eigenvalue weighted by Crippen LogP contribution is 2.19. The Balaban J connectivity index is 2.25. The van der Waals surface area contributed by atoms with E-state index in [2.05, 4.69) is 11.4 Å². The summed E-state index contributed by atoms with van der Waals surface area (Å²) in [5.41, 5.74) is 2.62. The number of hydrogen-bond donors (Lipinski definition) is 1. The second-order valence-electron chi connectivity index (χ2n) is 3.78. The number of nitrogens with zero attached hydrogens (tertiary/aromatic N) is 1. The largest absolute Gasteiger partial charge is 0.355 e. The summed E-state index contributed by atoms with van der Waals surface area (Å²) in [5, 5.41) is 11.8. The summed E-state index contributed by atoms with van der Waals surface area (Å²) in [4.78, 5) is 0. The first-order valence-electron chi connectivity index (χ1n) is 5.22. The van der Waals surface area contributed by atoms with Crippen molar-refractivity contribution in [1.82, 2.24) is 0 Å². The van der Waals surface area contributed by atoms with Gasteiger partial charge in [0.05, 0.1) is 11.6 Å². The van der Waals surface area contributed by atoms with E-state index < -0.39 is 0 Å². The second kappa shape index (κ2) is 4.67. The Kier molecular flexibility index (Phi) is 3.06. The van der Waals surface area contributed by atoms with Crippen molar-refractivity contribution in [3.8, 4) is 6.07 Å². The van der Waals surface area contributed by atoms with Crippen LogP contribution in [0.2, 0.25) is 0 Å². The van der Waals surface area contributed by atoms with Crippen LogP contribution in [0.4, 0.5) is 15.8 Å². The minimum Gasteiger partial charge on any atom is -0.355 e. The first-order chi connectivity index (χ1) is 8.19. The predicted molar refractivity (Wildman–Crippen MR) is 65.6 cm³/mol. The third kappa shape index (κ3) is 2.61. The van der Waals surface area contributed by atoms with Crippen molar-refractivity contribution in [3.63, 3.8) is 0 Å². The van der Waals surface area contributed by atoms with Gasteiger partial charge in [-0.3, -0.25) is 0 Å². The Hall–Kier alpha value is -2.34. The molecular weight excluding hydrogens is 215 g/mol. The number of halogens is 1. The van der Waals surface area contributed by atoms with Gasteiger partial charge < -0.3 is 5.32 Å². The first kappa shape index (κ1) is 11.2. The van der Waals surface area contributed by atoms with Crippen LogP contribution in [0.1, 0.15) is 11.1 Å². The molecule has 1 N–H and O–H groups in total. The molecule has 3 heteroatoms. The molecule has 2 aromatic carbocycles. The van der Waals surface area contributed by atoms with Gasteiger partial charge in [-0.1, -0.05) is 12.1 Å². The zero-order valence-corrected chi connectivity index (χ0v) is 9.37. The van der Waals surface area contributed by atoms with E-state index in [0.717, 1.165) is 5.69 Å². The number of nitrogens with one attached hydrogen (secondary N) is 1. The van der Waals surface area contributed by atoms with Crippen LogP contribution >= 0.6 is 0 Å². The monoisotopic (exact) mass is 226 g/mol. The van der Waals surface area contributed by atoms with Gasteiger partial charge in [-0.05, 0) is 42.8 Å². The first-order valence-corrected chi connectivity index (χ1v) is 5.22. The van der Waals surface area contributed by atoms with Crippen LogP contribution < -0.4 is 5.32 Å². The Bertz CT molecular complexity index is 585. The molecule has 84 valence electrons. The lowest BCUT2D eigenvalue weighted by Gasteiger charge is -2.07. The fraction of sp³-hybridized carbons (Fsp3) is 0.0714. The van der Waals surface area contributed by atoms with E-state index >= 15 is 0 Å². The average Bonchev–Trinajstić information content (AvgIpc) is 2.34. The fourth-order valence-corrected chi connectivity index (χ4v) is 1.50. The summed E-state index contributed by atoms with van der Waals surface area (Å²) in [6.45, 7) is 1.72. The number of nitriles is 1. The maximum Gasteiger partial charge on any atom is 0.128 e. The predicted octanol–water partition coefficient (Wildman–Crippen LogP) is 3.75. The molecule has 0 radical (unpaired) electrons. The van der Waals surface area contributed by atoms with E-state index in [1.54, 1.807) is 37.3 Å². The Morgan fingerprint density at radius 3 is 2.59 bits per heavy atom. The molecule has 2 rings (SSSR count). The van der Waals surface area contributed by atoms with Crippen LogP contribution in [0.15, 0.2) is 42.5 Å². The quantitative estimate of drug-likeness (QED) is 0.846. The summed E-state index contributed by atoms with van der Waals surface area (Å²) in [6, 6.07) is 14.1. The molecule has 0 bridgehead atoms. The summed E-state index contributed by atoms with van der Waals surface area (Å²) in [6.07, 6.45) is 0. The second-order valence-corrected chi connectivity index (χ2v) is 3.78. The summed E-state index contributed by atoms with van der Waals surface area (Å²) in [5.74, 6) is -0.244. The van der Waals surface area contributed by atoms with Gasteiger partial charge >= 0.3 is 0 Å². The summed E-state index contributed by atoms with van der Waals surface area (Å²) in [7, 11) is 0. The summed E-state index contributed by atoms with van der Waals surface area (Å²) < 4.78 is 13.3. The van der Waals surface area contributed by atoms with Crippen LogP contribution in [-0.2, 0) is 0 Å². The maximum atomic E-state index is 13.3. The van der Waals surface area contributed by atoms with Crippen LogP contribution in [0, 0.1) is 24.1 Å². The number of hydrogen-bond acceptors (Lipinski definition) is 2. The van der Waals surface area contributed by atoms with Crippen molar-refractivity contribution in [1.29, 1.82) is 5.26 Å². The molecular formula is C14H11FN2. The zero-order valence-electron chi connectivity index (χ0n) is 9.37. The molecule has 0 unspecified atom stereocenters. The van der Waals surface area contributed by atoms with Crippen molar-refractivity contribution in [3.05, 3.63) is 59.4 Å². The molecule has 0 aromatic heterocycles.